The van der Waals surface area contributed by atoms with Crippen LogP contribution in [0.1, 0.15) is 5.56 Å². The SMILES string of the molecule is Clc1cccc(CCOc2ccccc2)c1Cl. The van der Waals surface area contributed by atoms with E-state index in [-0.39, 0.29) is 0 Å². The largest absolute Gasteiger partial charge is 0.493 e. The smallest absolute Gasteiger partial charge is 0.119 e. The van der Waals surface area contributed by atoms with E-state index in [4.69, 9.17) is 27.9 Å². The molecule has 0 bridgehead atoms. The Kier molecular flexibility index (Phi) is 4.29. The Balaban J connectivity index is 1.93. The third-order valence-electron chi connectivity index (χ3n) is 2.41. The molecule has 0 heterocycles. The number of hydrogen-bond acceptors (Lipinski definition) is 1. The molecule has 0 aliphatic rings. The fraction of sp³-hybridized carbons (Fsp3) is 0.143. The Hall–Kier alpha value is -1.18. The molecule has 0 amide bonds. The summed E-state index contributed by atoms with van der Waals surface area (Å²) < 4.78 is 5.60. The Morgan fingerprint density at radius 3 is 2.41 bits per heavy atom. The highest BCUT2D eigenvalue weighted by Crippen LogP contribution is 2.25. The predicted molar refractivity (Wildman–Crippen MR) is 72.1 cm³/mol. The normalized spacial score (nSPS) is 10.2. The highest BCUT2D eigenvalue weighted by atomic mass is 35.5. The fourth-order valence-corrected chi connectivity index (χ4v) is 1.95. The van der Waals surface area contributed by atoms with Gasteiger partial charge in [-0.25, -0.2) is 0 Å². The molecule has 2 rings (SSSR count). The Labute approximate surface area is 111 Å². The maximum absolute atomic E-state index is 6.09. The summed E-state index contributed by atoms with van der Waals surface area (Å²) in [4.78, 5) is 0. The van der Waals surface area contributed by atoms with Crippen molar-refractivity contribution in [3.8, 4) is 5.75 Å². The van der Waals surface area contributed by atoms with Gasteiger partial charge in [0.2, 0.25) is 0 Å². The summed E-state index contributed by atoms with van der Waals surface area (Å²) >= 11 is 12.0. The molecule has 0 N–H and O–H groups in total. The summed E-state index contributed by atoms with van der Waals surface area (Å²) in [6.07, 6.45) is 0.744. The Morgan fingerprint density at radius 1 is 0.882 bits per heavy atom. The van der Waals surface area contributed by atoms with Crippen LogP contribution in [-0.2, 0) is 6.42 Å². The molecule has 17 heavy (non-hydrogen) atoms. The zero-order valence-corrected chi connectivity index (χ0v) is 10.7. The second-order valence-corrected chi connectivity index (χ2v) is 4.41. The number of halogens is 2. The van der Waals surface area contributed by atoms with Crippen LogP contribution in [0.25, 0.3) is 0 Å². The molecule has 88 valence electrons. The van der Waals surface area contributed by atoms with Crippen molar-refractivity contribution in [2.45, 2.75) is 6.42 Å². The van der Waals surface area contributed by atoms with E-state index in [0.29, 0.717) is 16.7 Å². The van der Waals surface area contributed by atoms with Crippen LogP contribution in [0.2, 0.25) is 10.0 Å². The molecule has 2 aromatic carbocycles. The van der Waals surface area contributed by atoms with E-state index in [1.807, 2.05) is 42.5 Å². The van der Waals surface area contributed by atoms with Crippen LogP contribution in [0, 0.1) is 0 Å². The molecule has 0 unspecified atom stereocenters. The van der Waals surface area contributed by atoms with Crippen molar-refractivity contribution in [2.24, 2.45) is 0 Å². The lowest BCUT2D eigenvalue weighted by Gasteiger charge is -2.07. The van der Waals surface area contributed by atoms with Crippen LogP contribution in [0.15, 0.2) is 48.5 Å². The van der Waals surface area contributed by atoms with Gasteiger partial charge in [0, 0.05) is 6.42 Å². The topological polar surface area (TPSA) is 9.23 Å². The van der Waals surface area contributed by atoms with E-state index in [0.717, 1.165) is 17.7 Å². The van der Waals surface area contributed by atoms with Gasteiger partial charge in [-0.1, -0.05) is 53.5 Å². The highest BCUT2D eigenvalue weighted by Gasteiger charge is 2.04. The van der Waals surface area contributed by atoms with Gasteiger partial charge in [0.1, 0.15) is 5.75 Å². The van der Waals surface area contributed by atoms with Gasteiger partial charge < -0.3 is 4.74 Å². The first kappa shape index (κ1) is 12.3. The van der Waals surface area contributed by atoms with Crippen LogP contribution in [-0.4, -0.2) is 6.61 Å². The molecule has 0 saturated heterocycles. The van der Waals surface area contributed by atoms with Crippen molar-refractivity contribution in [3.05, 3.63) is 64.1 Å². The van der Waals surface area contributed by atoms with E-state index in [1.165, 1.54) is 0 Å². The number of ether oxygens (including phenoxy) is 1. The third kappa shape index (κ3) is 3.39. The first-order chi connectivity index (χ1) is 8.27. The van der Waals surface area contributed by atoms with Crippen LogP contribution in [0.5, 0.6) is 5.75 Å². The van der Waals surface area contributed by atoms with E-state index in [9.17, 15) is 0 Å². The van der Waals surface area contributed by atoms with Crippen molar-refractivity contribution in [1.29, 1.82) is 0 Å². The standard InChI is InChI=1S/C14H12Cl2O/c15-13-8-4-5-11(14(13)16)9-10-17-12-6-2-1-3-7-12/h1-8H,9-10H2. The highest BCUT2D eigenvalue weighted by molar-refractivity contribution is 6.42. The zero-order chi connectivity index (χ0) is 12.1. The van der Waals surface area contributed by atoms with E-state index in [1.54, 1.807) is 6.07 Å². The minimum Gasteiger partial charge on any atom is -0.493 e. The second kappa shape index (κ2) is 5.95. The average Bonchev–Trinajstić information content (AvgIpc) is 2.36. The first-order valence-electron chi connectivity index (χ1n) is 5.38. The van der Waals surface area contributed by atoms with Gasteiger partial charge >= 0.3 is 0 Å². The van der Waals surface area contributed by atoms with Crippen molar-refractivity contribution in [1.82, 2.24) is 0 Å². The molecule has 0 fully saturated rings. The minimum absolute atomic E-state index is 0.587. The molecule has 1 nitrogen and oxygen atoms in total. The molecule has 0 aromatic heterocycles. The number of para-hydroxylation sites is 1. The monoisotopic (exact) mass is 266 g/mol. The molecule has 0 radical (unpaired) electrons. The zero-order valence-electron chi connectivity index (χ0n) is 9.20. The number of benzene rings is 2. The summed E-state index contributed by atoms with van der Waals surface area (Å²) in [5, 5.41) is 1.20. The summed E-state index contributed by atoms with van der Waals surface area (Å²) in [5.41, 5.74) is 1.01. The van der Waals surface area contributed by atoms with Crippen molar-refractivity contribution in [3.63, 3.8) is 0 Å². The fourth-order valence-electron chi connectivity index (χ4n) is 1.54. The van der Waals surface area contributed by atoms with Gasteiger partial charge in [-0.3, -0.25) is 0 Å². The van der Waals surface area contributed by atoms with Crippen LogP contribution in [0.4, 0.5) is 0 Å². The molecule has 0 saturated carbocycles. The molecular weight excluding hydrogens is 255 g/mol. The number of hydrogen-bond donors (Lipinski definition) is 0. The molecule has 2 aromatic rings. The quantitative estimate of drug-likeness (QED) is 0.785. The van der Waals surface area contributed by atoms with Crippen LogP contribution in [0.3, 0.4) is 0 Å². The molecular formula is C14H12Cl2O. The first-order valence-corrected chi connectivity index (χ1v) is 6.13. The van der Waals surface area contributed by atoms with Crippen LogP contribution >= 0.6 is 23.2 Å². The van der Waals surface area contributed by atoms with Crippen LogP contribution < -0.4 is 4.74 Å². The molecule has 0 spiro atoms. The van der Waals surface area contributed by atoms with E-state index >= 15 is 0 Å². The van der Waals surface area contributed by atoms with Gasteiger partial charge in [0.05, 0.1) is 16.7 Å². The van der Waals surface area contributed by atoms with Crippen molar-refractivity contribution >= 4 is 23.2 Å². The summed E-state index contributed by atoms with van der Waals surface area (Å²) in [5.74, 6) is 0.866. The lowest BCUT2D eigenvalue weighted by Crippen LogP contribution is -2.01. The minimum atomic E-state index is 0.587. The lowest BCUT2D eigenvalue weighted by molar-refractivity contribution is 0.322. The van der Waals surface area contributed by atoms with Gasteiger partial charge in [-0.2, -0.15) is 0 Å². The molecule has 0 atom stereocenters. The molecule has 0 aliphatic heterocycles. The molecule has 3 heteroatoms. The second-order valence-electron chi connectivity index (χ2n) is 3.62. The van der Waals surface area contributed by atoms with E-state index < -0.39 is 0 Å². The maximum atomic E-state index is 6.09. The van der Waals surface area contributed by atoms with Gasteiger partial charge in [0.25, 0.3) is 0 Å². The lowest BCUT2D eigenvalue weighted by atomic mass is 10.1. The Bertz CT molecular complexity index is 483. The van der Waals surface area contributed by atoms with Crippen molar-refractivity contribution < 1.29 is 4.74 Å². The van der Waals surface area contributed by atoms with Gasteiger partial charge in [-0.15, -0.1) is 0 Å². The maximum Gasteiger partial charge on any atom is 0.119 e. The van der Waals surface area contributed by atoms with Gasteiger partial charge in [0.15, 0.2) is 0 Å². The molecule has 0 aliphatic carbocycles. The van der Waals surface area contributed by atoms with Gasteiger partial charge in [-0.05, 0) is 23.8 Å². The van der Waals surface area contributed by atoms with Crippen molar-refractivity contribution in [2.75, 3.05) is 6.61 Å². The summed E-state index contributed by atoms with van der Waals surface area (Å²) in [7, 11) is 0. The van der Waals surface area contributed by atoms with E-state index in [2.05, 4.69) is 0 Å². The summed E-state index contributed by atoms with van der Waals surface area (Å²) in [6, 6.07) is 15.4. The third-order valence-corrected chi connectivity index (χ3v) is 3.27. The number of rotatable bonds is 4. The Morgan fingerprint density at radius 2 is 1.65 bits per heavy atom. The predicted octanol–water partition coefficient (Wildman–Crippen LogP) is 4.61. The summed E-state index contributed by atoms with van der Waals surface area (Å²) in [6.45, 7) is 0.587. The average molecular weight is 267 g/mol.